The van der Waals surface area contributed by atoms with E-state index in [4.69, 9.17) is 4.74 Å². The lowest BCUT2D eigenvalue weighted by molar-refractivity contribution is -0.170. The third-order valence-electron chi connectivity index (χ3n) is 6.88. The van der Waals surface area contributed by atoms with Gasteiger partial charge in [-0.3, -0.25) is 4.79 Å². The summed E-state index contributed by atoms with van der Waals surface area (Å²) in [5, 5.41) is 13.6. The quantitative estimate of drug-likeness (QED) is 0.496. The Morgan fingerprint density at radius 3 is 2.50 bits per heavy atom. The summed E-state index contributed by atoms with van der Waals surface area (Å²) in [5.74, 6) is -4.36. The van der Waals surface area contributed by atoms with Crippen molar-refractivity contribution in [3.05, 3.63) is 58.7 Å². The Balaban J connectivity index is 1.81. The smallest absolute Gasteiger partial charge is 0.303 e. The normalized spacial score (nSPS) is 19.1. The van der Waals surface area contributed by atoms with Crippen LogP contribution < -0.4 is 10.2 Å². The number of benzene rings is 2. The molecule has 1 amide bonds. The summed E-state index contributed by atoms with van der Waals surface area (Å²) in [6.07, 6.45) is 0. The molecule has 1 unspecified atom stereocenters. The molecule has 0 spiro atoms. The van der Waals surface area contributed by atoms with E-state index in [9.17, 15) is 18.7 Å². The molecule has 7 nitrogen and oxygen atoms in total. The first-order chi connectivity index (χ1) is 16.6. The van der Waals surface area contributed by atoms with Crippen LogP contribution in [0.1, 0.15) is 56.3 Å². The highest BCUT2D eigenvalue weighted by Gasteiger charge is 2.49. The molecule has 0 radical (unpaired) electrons. The van der Waals surface area contributed by atoms with E-state index in [2.05, 4.69) is 15.3 Å². The molecule has 1 aromatic heterocycles. The standard InChI is InChI=1S/C26H29F3N4O3/c1-13(15-9-8-10-17(21(15)27)26(28,29)24(3,4)35)30-22-16-11-18-20(12-19(16)31-14(2)32-22)33(6)23(34)25(18,5)36-7/h8-13,35H,1-7H3,(H,30,31,32)/t13-,25?/m1/s1. The number of fused-ring (bicyclic) bond motifs is 2. The lowest BCUT2D eigenvalue weighted by Crippen LogP contribution is -2.41. The summed E-state index contributed by atoms with van der Waals surface area (Å²) in [5.41, 5.74) is -2.72. The molecule has 2 heterocycles. The van der Waals surface area contributed by atoms with Crippen LogP contribution in [0.3, 0.4) is 0 Å². The molecule has 2 aromatic carbocycles. The number of carbonyl (C=O) groups excluding carboxylic acids is 1. The topological polar surface area (TPSA) is 87.6 Å². The minimum absolute atomic E-state index is 0.0151. The second-order valence-electron chi connectivity index (χ2n) is 9.82. The lowest BCUT2D eigenvalue weighted by Gasteiger charge is -2.30. The highest BCUT2D eigenvalue weighted by Crippen LogP contribution is 2.45. The van der Waals surface area contributed by atoms with Crippen LogP contribution in [0.25, 0.3) is 10.9 Å². The predicted octanol–water partition coefficient (Wildman–Crippen LogP) is 4.95. The van der Waals surface area contributed by atoms with Crippen LogP contribution >= 0.6 is 0 Å². The molecular weight excluding hydrogens is 473 g/mol. The molecule has 10 heteroatoms. The van der Waals surface area contributed by atoms with Crippen molar-refractivity contribution < 1.29 is 27.8 Å². The van der Waals surface area contributed by atoms with E-state index in [0.29, 0.717) is 33.8 Å². The first-order valence-corrected chi connectivity index (χ1v) is 11.4. The van der Waals surface area contributed by atoms with Gasteiger partial charge in [0.1, 0.15) is 23.1 Å². The van der Waals surface area contributed by atoms with Crippen molar-refractivity contribution in [3.63, 3.8) is 0 Å². The van der Waals surface area contributed by atoms with Gasteiger partial charge in [0.2, 0.25) is 0 Å². The van der Waals surface area contributed by atoms with Crippen LogP contribution in [0.4, 0.5) is 24.7 Å². The van der Waals surface area contributed by atoms with Gasteiger partial charge in [-0.2, -0.15) is 8.78 Å². The van der Waals surface area contributed by atoms with Gasteiger partial charge in [-0.1, -0.05) is 12.1 Å². The average molecular weight is 503 g/mol. The van der Waals surface area contributed by atoms with Crippen molar-refractivity contribution >= 4 is 28.3 Å². The first kappa shape index (κ1) is 25.8. The van der Waals surface area contributed by atoms with E-state index in [0.717, 1.165) is 19.9 Å². The zero-order valence-electron chi connectivity index (χ0n) is 21.2. The molecular formula is C26H29F3N4O3. The maximum atomic E-state index is 15.3. The molecule has 0 aliphatic carbocycles. The minimum Gasteiger partial charge on any atom is -0.384 e. The van der Waals surface area contributed by atoms with Crippen molar-refractivity contribution in [3.8, 4) is 0 Å². The molecule has 0 saturated heterocycles. The zero-order chi connectivity index (χ0) is 26.8. The number of hydrogen-bond acceptors (Lipinski definition) is 6. The van der Waals surface area contributed by atoms with E-state index in [-0.39, 0.29) is 11.5 Å². The van der Waals surface area contributed by atoms with Crippen LogP contribution in [0.2, 0.25) is 0 Å². The number of aliphatic hydroxyl groups is 1. The number of aromatic nitrogens is 2. The second-order valence-corrected chi connectivity index (χ2v) is 9.82. The third-order valence-corrected chi connectivity index (χ3v) is 6.88. The molecule has 3 aromatic rings. The summed E-state index contributed by atoms with van der Waals surface area (Å²) in [6.45, 7) is 6.87. The zero-order valence-corrected chi connectivity index (χ0v) is 21.2. The van der Waals surface area contributed by atoms with Crippen molar-refractivity contribution in [2.75, 3.05) is 24.4 Å². The number of halogens is 3. The fraction of sp³-hybridized carbons (Fsp3) is 0.423. The van der Waals surface area contributed by atoms with E-state index in [1.54, 1.807) is 40.0 Å². The summed E-state index contributed by atoms with van der Waals surface area (Å²) in [4.78, 5) is 23.3. The SMILES string of the molecule is COC1(C)C(=O)N(C)c2cc3nc(C)nc(N[C@H](C)c4cccc(C(F)(F)C(C)(C)O)c4F)c3cc21. The fourth-order valence-corrected chi connectivity index (χ4v) is 4.53. The highest BCUT2D eigenvalue weighted by molar-refractivity contribution is 6.09. The van der Waals surface area contributed by atoms with Gasteiger partial charge >= 0.3 is 5.92 Å². The van der Waals surface area contributed by atoms with Crippen molar-refractivity contribution in [2.24, 2.45) is 0 Å². The van der Waals surface area contributed by atoms with Crippen LogP contribution in [0, 0.1) is 12.7 Å². The lowest BCUT2D eigenvalue weighted by atomic mass is 9.91. The van der Waals surface area contributed by atoms with Gasteiger partial charge in [0, 0.05) is 30.7 Å². The summed E-state index contributed by atoms with van der Waals surface area (Å²) in [7, 11) is 3.11. The largest absolute Gasteiger partial charge is 0.384 e. The number of rotatable bonds is 6. The number of likely N-dealkylation sites (N-methyl/N-ethyl adjacent to an activating group) is 1. The van der Waals surface area contributed by atoms with Crippen molar-refractivity contribution in [1.29, 1.82) is 0 Å². The Bertz CT molecular complexity index is 1370. The fourth-order valence-electron chi connectivity index (χ4n) is 4.53. The molecule has 0 saturated carbocycles. The number of alkyl halides is 2. The number of anilines is 2. The van der Waals surface area contributed by atoms with E-state index < -0.39 is 34.5 Å². The van der Waals surface area contributed by atoms with Crippen LogP contribution in [-0.2, 0) is 21.1 Å². The van der Waals surface area contributed by atoms with Gasteiger partial charge < -0.3 is 20.1 Å². The third kappa shape index (κ3) is 3.79. The molecule has 0 bridgehead atoms. The Morgan fingerprint density at radius 2 is 1.89 bits per heavy atom. The molecule has 2 atom stereocenters. The van der Waals surface area contributed by atoms with Gasteiger partial charge in [0.05, 0.1) is 22.8 Å². The molecule has 4 rings (SSSR count). The van der Waals surface area contributed by atoms with Crippen LogP contribution in [0.15, 0.2) is 30.3 Å². The van der Waals surface area contributed by atoms with Crippen molar-refractivity contribution in [2.45, 2.75) is 57.8 Å². The van der Waals surface area contributed by atoms with E-state index >= 15 is 4.39 Å². The Hall–Kier alpha value is -3.24. The number of aryl methyl sites for hydroxylation is 1. The Morgan fingerprint density at radius 1 is 1.22 bits per heavy atom. The van der Waals surface area contributed by atoms with Gasteiger partial charge in [-0.25, -0.2) is 14.4 Å². The monoisotopic (exact) mass is 502 g/mol. The van der Waals surface area contributed by atoms with Gasteiger partial charge in [0.15, 0.2) is 5.60 Å². The minimum atomic E-state index is -3.81. The molecule has 0 fully saturated rings. The summed E-state index contributed by atoms with van der Waals surface area (Å²) >= 11 is 0. The number of nitrogens with zero attached hydrogens (tertiary/aromatic N) is 3. The van der Waals surface area contributed by atoms with Gasteiger partial charge in [-0.05, 0) is 52.8 Å². The van der Waals surface area contributed by atoms with E-state index in [1.165, 1.54) is 24.1 Å². The second kappa shape index (κ2) is 8.41. The number of ether oxygens (including phenoxy) is 1. The number of hydrogen-bond donors (Lipinski definition) is 2. The molecule has 2 N–H and O–H groups in total. The summed E-state index contributed by atoms with van der Waals surface area (Å²) in [6, 6.07) is 6.46. The molecule has 1 aliphatic heterocycles. The van der Waals surface area contributed by atoms with E-state index in [1.807, 2.05) is 0 Å². The maximum Gasteiger partial charge on any atom is 0.303 e. The number of nitrogens with one attached hydrogen (secondary N) is 1. The van der Waals surface area contributed by atoms with Gasteiger partial charge in [0.25, 0.3) is 5.91 Å². The molecule has 1 aliphatic rings. The maximum absolute atomic E-state index is 15.3. The predicted molar refractivity (Wildman–Crippen MR) is 131 cm³/mol. The Kier molecular flexibility index (Phi) is 6.04. The van der Waals surface area contributed by atoms with Crippen molar-refractivity contribution in [1.82, 2.24) is 9.97 Å². The molecule has 36 heavy (non-hydrogen) atoms. The van der Waals surface area contributed by atoms with Gasteiger partial charge in [-0.15, -0.1) is 0 Å². The highest BCUT2D eigenvalue weighted by atomic mass is 19.3. The van der Waals surface area contributed by atoms with Crippen LogP contribution in [0.5, 0.6) is 0 Å². The number of amides is 1. The van der Waals surface area contributed by atoms with Crippen LogP contribution in [-0.4, -0.2) is 40.7 Å². The number of methoxy groups -OCH3 is 1. The first-order valence-electron chi connectivity index (χ1n) is 11.4. The molecule has 192 valence electrons. The Labute approximate surface area is 207 Å². The summed E-state index contributed by atoms with van der Waals surface area (Å²) < 4.78 is 50.5. The average Bonchev–Trinajstić information content (AvgIpc) is 2.98. The number of carbonyl (C=O) groups is 1.